The SMILES string of the molecule is CSCC[C@H](N)C(=O)N1CCC[C@H]1C(=O)N[C@@H](CC(=O)O)C(=O)N[C@@H](Cc1ccc(O)cc1)C(=O)N1CCC[C@H]1C(=O)O. The van der Waals surface area contributed by atoms with Crippen LogP contribution in [0.2, 0.25) is 0 Å². The Morgan fingerprint density at radius 2 is 1.53 bits per heavy atom. The number of nitrogens with two attached hydrogens (primary N) is 1. The fourth-order valence-electron chi connectivity index (χ4n) is 5.36. The second-order valence-corrected chi connectivity index (χ2v) is 11.7. The predicted octanol–water partition coefficient (Wildman–Crippen LogP) is -0.474. The molecule has 2 aliphatic rings. The van der Waals surface area contributed by atoms with Gasteiger partial charge in [-0.25, -0.2) is 4.79 Å². The van der Waals surface area contributed by atoms with E-state index in [1.165, 1.54) is 45.8 Å². The number of carboxylic acid groups (broad SMARTS) is 2. The van der Waals surface area contributed by atoms with Gasteiger partial charge in [0.25, 0.3) is 0 Å². The van der Waals surface area contributed by atoms with Gasteiger partial charge in [0.15, 0.2) is 0 Å². The Balaban J connectivity index is 1.79. The van der Waals surface area contributed by atoms with Crippen LogP contribution in [0.5, 0.6) is 5.75 Å². The Kier molecular flexibility index (Phi) is 12.2. The van der Waals surface area contributed by atoms with E-state index < -0.39 is 72.2 Å². The first-order valence-electron chi connectivity index (χ1n) is 14.1. The van der Waals surface area contributed by atoms with Crippen LogP contribution < -0.4 is 16.4 Å². The van der Waals surface area contributed by atoms with Crippen LogP contribution in [0.4, 0.5) is 0 Å². The molecule has 7 N–H and O–H groups in total. The van der Waals surface area contributed by atoms with E-state index >= 15 is 0 Å². The number of benzene rings is 1. The van der Waals surface area contributed by atoms with Crippen LogP contribution in [0.25, 0.3) is 0 Å². The Bertz CT molecular complexity index is 1200. The van der Waals surface area contributed by atoms with E-state index in [9.17, 15) is 44.1 Å². The number of thioether (sulfide) groups is 1. The van der Waals surface area contributed by atoms with Gasteiger partial charge >= 0.3 is 11.9 Å². The number of hydrogen-bond acceptors (Lipinski definition) is 9. The third-order valence-corrected chi connectivity index (χ3v) is 8.26. The minimum absolute atomic E-state index is 0.0185. The molecule has 0 bridgehead atoms. The Hall–Kier alpha value is -3.85. The van der Waals surface area contributed by atoms with Crippen molar-refractivity contribution in [1.29, 1.82) is 0 Å². The zero-order chi connectivity index (χ0) is 31.7. The third kappa shape index (κ3) is 9.07. The number of nitrogens with zero attached hydrogens (tertiary/aromatic N) is 2. The number of aliphatic carboxylic acids is 2. The van der Waals surface area contributed by atoms with E-state index in [0.29, 0.717) is 43.5 Å². The van der Waals surface area contributed by atoms with Crippen molar-refractivity contribution in [3.63, 3.8) is 0 Å². The van der Waals surface area contributed by atoms with E-state index in [0.717, 1.165) is 0 Å². The summed E-state index contributed by atoms with van der Waals surface area (Å²) < 4.78 is 0. The van der Waals surface area contributed by atoms with Crippen molar-refractivity contribution in [2.24, 2.45) is 5.73 Å². The standard InChI is InChI=1S/C28H39N5O9S/c1-43-13-10-18(29)26(39)32-11-2-4-21(32)25(38)30-19(15-23(35)36)24(37)31-20(14-16-6-8-17(34)9-7-16)27(40)33-12-3-5-22(33)28(41)42/h6-9,18-22,34H,2-5,10-15,29H2,1H3,(H,30,38)(H,31,37)(H,35,36)(H,41,42)/t18-,19-,20-,21-,22-/m0/s1. The molecule has 236 valence electrons. The quantitative estimate of drug-likeness (QED) is 0.156. The van der Waals surface area contributed by atoms with Crippen LogP contribution >= 0.6 is 11.8 Å². The molecule has 43 heavy (non-hydrogen) atoms. The number of nitrogens with one attached hydrogen (secondary N) is 2. The summed E-state index contributed by atoms with van der Waals surface area (Å²) in [5, 5.41) is 33.7. The third-order valence-electron chi connectivity index (χ3n) is 7.61. The number of phenols is 1. The number of hydrogen-bond donors (Lipinski definition) is 6. The summed E-state index contributed by atoms with van der Waals surface area (Å²) in [6.45, 7) is 0.459. The maximum absolute atomic E-state index is 13.5. The molecular weight excluding hydrogens is 582 g/mol. The molecule has 0 spiro atoms. The van der Waals surface area contributed by atoms with Crippen molar-refractivity contribution < 1.29 is 44.1 Å². The predicted molar refractivity (Wildman–Crippen MR) is 156 cm³/mol. The number of likely N-dealkylation sites (tertiary alicyclic amines) is 2. The number of carbonyl (C=O) groups is 6. The molecule has 4 amide bonds. The summed E-state index contributed by atoms with van der Waals surface area (Å²) >= 11 is 1.53. The maximum atomic E-state index is 13.5. The van der Waals surface area contributed by atoms with Crippen molar-refractivity contribution in [2.75, 3.05) is 25.1 Å². The van der Waals surface area contributed by atoms with E-state index in [2.05, 4.69) is 10.6 Å². The normalized spacial score (nSPS) is 20.2. The van der Waals surface area contributed by atoms with Gasteiger partial charge in [0.1, 0.15) is 29.9 Å². The van der Waals surface area contributed by atoms with E-state index in [1.807, 2.05) is 6.26 Å². The molecule has 3 rings (SSSR count). The zero-order valence-corrected chi connectivity index (χ0v) is 24.8. The van der Waals surface area contributed by atoms with Crippen molar-refractivity contribution in [3.05, 3.63) is 29.8 Å². The highest BCUT2D eigenvalue weighted by atomic mass is 32.2. The number of amides is 4. The lowest BCUT2D eigenvalue weighted by Gasteiger charge is -2.30. The van der Waals surface area contributed by atoms with E-state index in [4.69, 9.17) is 5.73 Å². The molecule has 0 unspecified atom stereocenters. The van der Waals surface area contributed by atoms with Crippen molar-refractivity contribution in [1.82, 2.24) is 20.4 Å². The fourth-order valence-corrected chi connectivity index (χ4v) is 5.85. The summed E-state index contributed by atoms with van der Waals surface area (Å²) in [6.07, 6.45) is 2.96. The highest BCUT2D eigenvalue weighted by Gasteiger charge is 2.40. The van der Waals surface area contributed by atoms with Crippen LogP contribution in [-0.2, 0) is 35.2 Å². The Morgan fingerprint density at radius 1 is 0.930 bits per heavy atom. The molecule has 0 radical (unpaired) electrons. The van der Waals surface area contributed by atoms with Gasteiger partial charge in [0, 0.05) is 19.5 Å². The minimum Gasteiger partial charge on any atom is -0.508 e. The molecule has 1 aromatic carbocycles. The first-order valence-corrected chi connectivity index (χ1v) is 15.5. The molecule has 2 fully saturated rings. The number of aromatic hydroxyl groups is 1. The summed E-state index contributed by atoms with van der Waals surface area (Å²) in [4.78, 5) is 79.1. The maximum Gasteiger partial charge on any atom is 0.326 e. The van der Waals surface area contributed by atoms with Gasteiger partial charge in [-0.3, -0.25) is 24.0 Å². The molecule has 1 aromatic rings. The topological polar surface area (TPSA) is 220 Å². The monoisotopic (exact) mass is 621 g/mol. The molecule has 5 atom stereocenters. The number of rotatable bonds is 14. The number of phenolic OH excluding ortho intramolecular Hbond substituents is 1. The molecule has 14 nitrogen and oxygen atoms in total. The molecule has 2 saturated heterocycles. The van der Waals surface area contributed by atoms with E-state index in [-0.39, 0.29) is 25.1 Å². The second kappa shape index (κ2) is 15.6. The summed E-state index contributed by atoms with van der Waals surface area (Å²) in [6, 6.07) is 0.167. The highest BCUT2D eigenvalue weighted by molar-refractivity contribution is 7.98. The largest absolute Gasteiger partial charge is 0.508 e. The number of carboxylic acids is 2. The van der Waals surface area contributed by atoms with Crippen LogP contribution in [0, 0.1) is 0 Å². The molecule has 15 heteroatoms. The van der Waals surface area contributed by atoms with Gasteiger partial charge in [-0.2, -0.15) is 11.8 Å². The number of carbonyl (C=O) groups excluding carboxylic acids is 4. The minimum atomic E-state index is -1.59. The lowest BCUT2D eigenvalue weighted by molar-refractivity contribution is -0.149. The fraction of sp³-hybridized carbons (Fsp3) is 0.571. The molecule has 0 saturated carbocycles. The first-order chi connectivity index (χ1) is 20.4. The Labute approximate surface area is 253 Å². The average Bonchev–Trinajstić information content (AvgIpc) is 3.66. The molecule has 2 heterocycles. The lowest BCUT2D eigenvalue weighted by Crippen LogP contribution is -2.59. The van der Waals surface area contributed by atoms with Gasteiger partial charge in [-0.05, 0) is 61.8 Å². The van der Waals surface area contributed by atoms with Crippen LogP contribution in [0.3, 0.4) is 0 Å². The lowest BCUT2D eigenvalue weighted by atomic mass is 10.0. The van der Waals surface area contributed by atoms with Gasteiger partial charge in [0.2, 0.25) is 23.6 Å². The van der Waals surface area contributed by atoms with E-state index in [1.54, 1.807) is 0 Å². The molecular formula is C28H39N5O9S. The highest BCUT2D eigenvalue weighted by Crippen LogP contribution is 2.22. The zero-order valence-electron chi connectivity index (χ0n) is 23.9. The molecule has 0 aliphatic carbocycles. The van der Waals surface area contributed by atoms with Crippen LogP contribution in [0.1, 0.15) is 44.1 Å². The molecule has 2 aliphatic heterocycles. The van der Waals surface area contributed by atoms with Gasteiger partial charge in [-0.1, -0.05) is 12.1 Å². The van der Waals surface area contributed by atoms with Crippen LogP contribution in [-0.4, -0.2) is 116 Å². The van der Waals surface area contributed by atoms with Crippen LogP contribution in [0.15, 0.2) is 24.3 Å². The summed E-state index contributed by atoms with van der Waals surface area (Å²) in [7, 11) is 0. The van der Waals surface area contributed by atoms with Gasteiger partial charge in [-0.15, -0.1) is 0 Å². The average molecular weight is 622 g/mol. The van der Waals surface area contributed by atoms with Gasteiger partial charge in [0.05, 0.1) is 12.5 Å². The van der Waals surface area contributed by atoms with Gasteiger partial charge < -0.3 is 41.5 Å². The van der Waals surface area contributed by atoms with Crippen molar-refractivity contribution >= 4 is 47.3 Å². The van der Waals surface area contributed by atoms with Crippen molar-refractivity contribution in [2.45, 2.75) is 75.2 Å². The molecule has 0 aromatic heterocycles. The Morgan fingerprint density at radius 3 is 2.12 bits per heavy atom. The smallest absolute Gasteiger partial charge is 0.326 e. The first kappa shape index (κ1) is 33.6. The summed E-state index contributed by atoms with van der Waals surface area (Å²) in [5.41, 5.74) is 6.57. The van der Waals surface area contributed by atoms with Crippen molar-refractivity contribution in [3.8, 4) is 5.75 Å². The summed E-state index contributed by atoms with van der Waals surface area (Å²) in [5.74, 6) is -4.65. The second-order valence-electron chi connectivity index (χ2n) is 10.7.